The predicted octanol–water partition coefficient (Wildman–Crippen LogP) is 3.94. The summed E-state index contributed by atoms with van der Waals surface area (Å²) in [5.41, 5.74) is 6.07. The molecule has 8 heteroatoms. The molecule has 6 nitrogen and oxygen atoms in total. The maximum atomic E-state index is 13.5. The second kappa shape index (κ2) is 8.24. The van der Waals surface area contributed by atoms with Gasteiger partial charge in [0.25, 0.3) is 0 Å². The second-order valence-electron chi connectivity index (χ2n) is 6.78. The first-order chi connectivity index (χ1) is 14.1. The summed E-state index contributed by atoms with van der Waals surface area (Å²) in [6, 6.07) is 13.6. The zero-order chi connectivity index (χ0) is 20.4. The number of hydrogen-bond donors (Lipinski definition) is 2. The molecule has 2 N–H and O–H groups in total. The summed E-state index contributed by atoms with van der Waals surface area (Å²) in [5, 5.41) is 11.6. The molecule has 0 spiro atoms. The number of carbonyl (C=O) groups is 1. The number of benzene rings is 2. The van der Waals surface area contributed by atoms with E-state index in [-0.39, 0.29) is 17.8 Å². The maximum absolute atomic E-state index is 13.5. The molecule has 0 aliphatic carbocycles. The molecule has 0 saturated carbocycles. The molecule has 0 bridgehead atoms. The first kappa shape index (κ1) is 19.4. The number of carbonyl (C=O) groups excluding carboxylic acids is 1. The number of rotatable bonds is 5. The van der Waals surface area contributed by atoms with Crippen LogP contribution in [0.1, 0.15) is 36.8 Å². The minimum absolute atomic E-state index is 0.134. The van der Waals surface area contributed by atoms with Crippen molar-refractivity contribution in [2.75, 3.05) is 10.7 Å². The Kier molecular flexibility index (Phi) is 5.53. The fourth-order valence-electron chi connectivity index (χ4n) is 3.40. The second-order valence-corrected chi connectivity index (χ2v) is 7.89. The Balaban J connectivity index is 1.68. The molecule has 0 saturated heterocycles. The highest BCUT2D eigenvalue weighted by Gasteiger charge is 2.37. The lowest BCUT2D eigenvalue weighted by molar-refractivity contribution is -0.116. The van der Waals surface area contributed by atoms with Crippen molar-refractivity contribution < 1.29 is 9.18 Å². The van der Waals surface area contributed by atoms with Crippen LogP contribution in [0.25, 0.3) is 0 Å². The average Bonchev–Trinajstić information content (AvgIpc) is 3.16. The largest absolute Gasteiger partial charge is 0.325 e. The molecule has 2 heterocycles. The van der Waals surface area contributed by atoms with E-state index < -0.39 is 5.25 Å². The van der Waals surface area contributed by atoms with Crippen molar-refractivity contribution in [2.45, 2.75) is 43.1 Å². The van der Waals surface area contributed by atoms with Crippen LogP contribution >= 0.6 is 11.8 Å². The van der Waals surface area contributed by atoms with E-state index in [1.807, 2.05) is 35.9 Å². The minimum atomic E-state index is -0.494. The van der Waals surface area contributed by atoms with E-state index in [4.69, 9.17) is 0 Å². The number of amides is 1. The molecule has 0 unspecified atom stereocenters. The number of aromatic nitrogens is 3. The van der Waals surface area contributed by atoms with Crippen LogP contribution in [0.5, 0.6) is 0 Å². The number of hydrogen-bond acceptors (Lipinski definition) is 5. The highest BCUT2D eigenvalue weighted by atomic mass is 32.2. The third-order valence-electron chi connectivity index (χ3n) is 4.96. The topological polar surface area (TPSA) is 71.8 Å². The number of nitrogens with zero attached hydrogens (tertiary/aromatic N) is 3. The van der Waals surface area contributed by atoms with Crippen LogP contribution in [0.4, 0.5) is 10.1 Å². The minimum Gasteiger partial charge on any atom is -0.325 e. The first-order valence-electron chi connectivity index (χ1n) is 9.62. The molecular formula is C21H22FN5OS. The van der Waals surface area contributed by atoms with Crippen molar-refractivity contribution in [2.24, 2.45) is 0 Å². The Morgan fingerprint density at radius 3 is 2.62 bits per heavy atom. The number of anilines is 1. The smallest absolute Gasteiger partial charge is 0.240 e. The van der Waals surface area contributed by atoms with Crippen molar-refractivity contribution in [3.8, 4) is 0 Å². The van der Waals surface area contributed by atoms with Gasteiger partial charge in [0.2, 0.25) is 11.1 Å². The van der Waals surface area contributed by atoms with Gasteiger partial charge in [0.1, 0.15) is 11.1 Å². The Hall–Kier alpha value is -2.87. The van der Waals surface area contributed by atoms with Crippen LogP contribution in [0.2, 0.25) is 0 Å². The lowest BCUT2D eigenvalue weighted by Gasteiger charge is -2.33. The summed E-state index contributed by atoms with van der Waals surface area (Å²) in [6.07, 6.45) is 1.53. The quantitative estimate of drug-likeness (QED) is 0.665. The van der Waals surface area contributed by atoms with Gasteiger partial charge in [-0.05, 0) is 35.7 Å². The molecule has 2 aromatic carbocycles. The Morgan fingerprint density at radius 2 is 1.90 bits per heavy atom. The van der Waals surface area contributed by atoms with Crippen molar-refractivity contribution in [3.63, 3.8) is 0 Å². The number of thioether (sulfide) groups is 1. The number of nitrogens with one attached hydrogen (secondary N) is 2. The van der Waals surface area contributed by atoms with E-state index >= 15 is 0 Å². The van der Waals surface area contributed by atoms with E-state index in [1.165, 1.54) is 23.9 Å². The first-order valence-corrected chi connectivity index (χ1v) is 10.5. The van der Waals surface area contributed by atoms with Gasteiger partial charge in [-0.2, -0.15) is 0 Å². The van der Waals surface area contributed by atoms with Gasteiger partial charge < -0.3 is 10.7 Å². The molecule has 3 aromatic rings. The monoisotopic (exact) mass is 411 g/mol. The van der Waals surface area contributed by atoms with Gasteiger partial charge in [-0.15, -0.1) is 10.2 Å². The van der Waals surface area contributed by atoms with Crippen LogP contribution in [0, 0.1) is 5.82 Å². The molecule has 1 aromatic heterocycles. The van der Waals surface area contributed by atoms with Gasteiger partial charge in [0.05, 0.1) is 6.04 Å². The Bertz CT molecular complexity index is 1020. The van der Waals surface area contributed by atoms with E-state index in [1.54, 1.807) is 12.1 Å². The molecule has 2 atom stereocenters. The zero-order valence-electron chi connectivity index (χ0n) is 16.2. The highest BCUT2D eigenvalue weighted by Crippen LogP contribution is 2.37. The highest BCUT2D eigenvalue weighted by molar-refractivity contribution is 8.00. The number of halogens is 1. The predicted molar refractivity (Wildman–Crippen MR) is 112 cm³/mol. The summed E-state index contributed by atoms with van der Waals surface area (Å²) in [6.45, 7) is 4.05. The van der Waals surface area contributed by atoms with E-state index in [2.05, 4.69) is 27.9 Å². The van der Waals surface area contributed by atoms with Crippen LogP contribution in [0.3, 0.4) is 0 Å². The Labute approximate surface area is 172 Å². The molecule has 29 heavy (non-hydrogen) atoms. The average molecular weight is 412 g/mol. The zero-order valence-corrected chi connectivity index (χ0v) is 17.0. The molecule has 4 rings (SSSR count). The van der Waals surface area contributed by atoms with Gasteiger partial charge in [-0.1, -0.05) is 55.9 Å². The van der Waals surface area contributed by atoms with Crippen LogP contribution in [0.15, 0.2) is 53.7 Å². The summed E-state index contributed by atoms with van der Waals surface area (Å²) < 4.78 is 15.3. The lowest BCUT2D eigenvalue weighted by Crippen LogP contribution is -2.41. The maximum Gasteiger partial charge on any atom is 0.240 e. The van der Waals surface area contributed by atoms with Crippen molar-refractivity contribution in [3.05, 3.63) is 71.3 Å². The van der Waals surface area contributed by atoms with Crippen LogP contribution < -0.4 is 10.7 Å². The third-order valence-corrected chi connectivity index (χ3v) is 6.18. The van der Waals surface area contributed by atoms with Crippen molar-refractivity contribution >= 4 is 23.4 Å². The fourth-order valence-corrected chi connectivity index (χ4v) is 4.50. The van der Waals surface area contributed by atoms with Gasteiger partial charge >= 0.3 is 0 Å². The van der Waals surface area contributed by atoms with Gasteiger partial charge in [0, 0.05) is 12.1 Å². The molecule has 0 radical (unpaired) electrons. The standard InChI is InChI=1S/C21H22FN5OS/c1-3-13-7-5-6-8-16(13)23-20(28)19-18(14-9-11-15(22)12-10-14)26-27-17(4-2)24-25-21(27)29-19/h5-12,18-19,26H,3-4H2,1-2H3,(H,23,28)/t18-,19-/m0/s1. The molecule has 1 aliphatic rings. The molecular weight excluding hydrogens is 389 g/mol. The summed E-state index contributed by atoms with van der Waals surface area (Å²) in [5.74, 6) is 0.342. The van der Waals surface area contributed by atoms with E-state index in [0.29, 0.717) is 11.6 Å². The van der Waals surface area contributed by atoms with Crippen LogP contribution in [-0.2, 0) is 17.6 Å². The Morgan fingerprint density at radius 1 is 1.14 bits per heavy atom. The summed E-state index contributed by atoms with van der Waals surface area (Å²) in [7, 11) is 0. The van der Waals surface area contributed by atoms with Crippen molar-refractivity contribution in [1.82, 2.24) is 14.9 Å². The normalized spacial score (nSPS) is 18.0. The van der Waals surface area contributed by atoms with Crippen LogP contribution in [-0.4, -0.2) is 26.0 Å². The summed E-state index contributed by atoms with van der Waals surface area (Å²) >= 11 is 1.36. The summed E-state index contributed by atoms with van der Waals surface area (Å²) in [4.78, 5) is 13.3. The fraction of sp³-hybridized carbons (Fsp3) is 0.286. The third kappa shape index (κ3) is 3.85. The molecule has 150 valence electrons. The number of para-hydroxylation sites is 1. The lowest BCUT2D eigenvalue weighted by atomic mass is 10.0. The number of fused-ring (bicyclic) bond motifs is 1. The molecule has 1 aliphatic heterocycles. The molecule has 1 amide bonds. The van der Waals surface area contributed by atoms with Gasteiger partial charge in [-0.3, -0.25) is 4.79 Å². The van der Waals surface area contributed by atoms with Crippen molar-refractivity contribution in [1.29, 1.82) is 0 Å². The van der Waals surface area contributed by atoms with E-state index in [9.17, 15) is 9.18 Å². The van der Waals surface area contributed by atoms with Gasteiger partial charge in [-0.25, -0.2) is 9.07 Å². The molecule has 0 fully saturated rings. The van der Waals surface area contributed by atoms with Gasteiger partial charge in [0.15, 0.2) is 5.82 Å². The SMILES string of the molecule is CCc1ccccc1NC(=O)[C@H]1Sc2nnc(CC)n2N[C@H]1c1ccc(F)cc1. The van der Waals surface area contributed by atoms with E-state index in [0.717, 1.165) is 29.1 Å². The number of aryl methyl sites for hydroxylation is 2.